The highest BCUT2D eigenvalue weighted by Crippen LogP contribution is 2.34. The van der Waals surface area contributed by atoms with E-state index < -0.39 is 33.0 Å². The van der Waals surface area contributed by atoms with Crippen molar-refractivity contribution < 1.29 is 8.23 Å². The molecule has 2 nitrogen and oxygen atoms in total. The van der Waals surface area contributed by atoms with Crippen molar-refractivity contribution in [2.75, 3.05) is 0 Å². The maximum absolute atomic E-state index is 6.44. The van der Waals surface area contributed by atoms with Crippen molar-refractivity contribution in [3.8, 4) is 0 Å². The van der Waals surface area contributed by atoms with Gasteiger partial charge in [-0.3, -0.25) is 0 Å². The van der Waals surface area contributed by atoms with E-state index in [2.05, 4.69) is 52.5 Å². The van der Waals surface area contributed by atoms with Gasteiger partial charge in [0.15, 0.2) is 9.76 Å². The molecule has 0 aliphatic carbocycles. The van der Waals surface area contributed by atoms with Gasteiger partial charge in [-0.25, -0.2) is 0 Å². The maximum atomic E-state index is 6.44. The fraction of sp³-hybridized carbons (Fsp3) is 0.333. The SMILES string of the molecule is C=C[SiH2]O[Si](C=C)(C=C)O[Si](C)(C=C)S[Si](C)(C)C. The van der Waals surface area contributed by atoms with E-state index in [0.717, 1.165) is 0 Å². The minimum Gasteiger partial charge on any atom is -0.432 e. The largest absolute Gasteiger partial charge is 0.432 e. The Morgan fingerprint density at radius 3 is 1.79 bits per heavy atom. The molecule has 0 radical (unpaired) electrons. The highest BCUT2D eigenvalue weighted by molar-refractivity contribution is 8.49. The summed E-state index contributed by atoms with van der Waals surface area (Å²) in [6, 6.07) is 0. The lowest BCUT2D eigenvalue weighted by molar-refractivity contribution is 0.439. The van der Waals surface area contributed by atoms with Crippen LogP contribution in [0.15, 0.2) is 49.1 Å². The van der Waals surface area contributed by atoms with Gasteiger partial charge in [-0.05, 0) is 17.9 Å². The Morgan fingerprint density at radius 1 is 0.947 bits per heavy atom. The molecule has 0 saturated heterocycles. The molecule has 0 fully saturated rings. The quantitative estimate of drug-likeness (QED) is 0.564. The highest BCUT2D eigenvalue weighted by atomic mass is 32.5. The van der Waals surface area contributed by atoms with Crippen molar-refractivity contribution in [3.63, 3.8) is 0 Å². The van der Waals surface area contributed by atoms with Gasteiger partial charge in [-0.1, -0.05) is 31.0 Å². The van der Waals surface area contributed by atoms with Crippen LogP contribution in [-0.4, -0.2) is 33.0 Å². The minimum atomic E-state index is -2.51. The van der Waals surface area contributed by atoms with Crippen LogP contribution in [0.3, 0.4) is 0 Å². The third-order valence-corrected chi connectivity index (χ3v) is 24.2. The molecule has 0 spiro atoms. The summed E-state index contributed by atoms with van der Waals surface area (Å²) in [6.07, 6.45) is 0. The Morgan fingerprint density at radius 2 is 1.47 bits per heavy atom. The first-order chi connectivity index (χ1) is 8.66. The van der Waals surface area contributed by atoms with Gasteiger partial charge in [-0.15, -0.1) is 26.3 Å². The molecule has 0 bridgehead atoms. The van der Waals surface area contributed by atoms with Crippen molar-refractivity contribution in [1.29, 1.82) is 0 Å². The van der Waals surface area contributed by atoms with E-state index in [1.54, 1.807) is 0 Å². The van der Waals surface area contributed by atoms with Crippen LogP contribution in [0.4, 0.5) is 0 Å². The zero-order chi connectivity index (χ0) is 15.2. The van der Waals surface area contributed by atoms with E-state index >= 15 is 0 Å². The van der Waals surface area contributed by atoms with Crippen molar-refractivity contribution in [3.05, 3.63) is 49.1 Å². The van der Waals surface area contributed by atoms with E-state index in [0.29, 0.717) is 0 Å². The van der Waals surface area contributed by atoms with Gasteiger partial charge < -0.3 is 8.23 Å². The second-order valence-electron chi connectivity index (χ2n) is 5.27. The van der Waals surface area contributed by atoms with Crippen molar-refractivity contribution in [1.82, 2.24) is 0 Å². The molecular weight excluding hydrogens is 321 g/mol. The third-order valence-electron chi connectivity index (χ3n) is 2.24. The highest BCUT2D eigenvalue weighted by Gasteiger charge is 2.42. The Kier molecular flexibility index (Phi) is 7.81. The van der Waals surface area contributed by atoms with Crippen LogP contribution in [0.2, 0.25) is 26.2 Å². The number of hydrogen-bond acceptors (Lipinski definition) is 3. The van der Waals surface area contributed by atoms with Crippen LogP contribution >= 0.6 is 10.7 Å². The predicted molar refractivity (Wildman–Crippen MR) is 99.8 cm³/mol. The summed E-state index contributed by atoms with van der Waals surface area (Å²) in [4.78, 5) is 0. The second-order valence-corrected chi connectivity index (χ2v) is 25.8. The lowest BCUT2D eigenvalue weighted by Crippen LogP contribution is -2.50. The van der Waals surface area contributed by atoms with E-state index in [-0.39, 0.29) is 0 Å². The molecule has 108 valence electrons. The molecular formula is C12H26O2SSi4. The van der Waals surface area contributed by atoms with Gasteiger partial charge in [0.05, 0.1) is 0 Å². The molecule has 0 aliphatic heterocycles. The molecule has 0 heterocycles. The normalized spacial score (nSPS) is 16.0. The first-order valence-corrected chi connectivity index (χ1v) is 17.8. The molecule has 0 amide bonds. The number of rotatable bonds is 10. The smallest absolute Gasteiger partial charge is 0.370 e. The Labute approximate surface area is 127 Å². The average Bonchev–Trinajstić information content (AvgIpc) is 2.32. The zero-order valence-corrected chi connectivity index (χ0v) is 17.8. The van der Waals surface area contributed by atoms with Gasteiger partial charge in [0.1, 0.15) is 7.22 Å². The van der Waals surface area contributed by atoms with E-state index in [9.17, 15) is 0 Å². The lowest BCUT2D eigenvalue weighted by atomic mass is 11.2. The van der Waals surface area contributed by atoms with Crippen molar-refractivity contribution in [2.24, 2.45) is 0 Å². The standard InChI is InChI=1S/C12H26O2SSi4/c1-9-16-13-19(11-3,12-4)14-18(8,10-2)15-17(5,6)7/h9-12H,1-4,16H2,5-8H3. The first-order valence-electron chi connectivity index (χ1n) is 6.22. The lowest BCUT2D eigenvalue weighted by Gasteiger charge is -2.36. The van der Waals surface area contributed by atoms with Gasteiger partial charge in [0.25, 0.3) is 7.47 Å². The molecule has 0 aromatic rings. The summed E-state index contributed by atoms with van der Waals surface area (Å²) >= 11 is 0. The summed E-state index contributed by atoms with van der Waals surface area (Å²) in [5, 5.41) is 0. The predicted octanol–water partition coefficient (Wildman–Crippen LogP) is 3.50. The molecule has 0 aromatic carbocycles. The fourth-order valence-corrected chi connectivity index (χ4v) is 28.2. The molecule has 0 N–H and O–H groups in total. The topological polar surface area (TPSA) is 18.5 Å². The molecule has 0 saturated carbocycles. The summed E-state index contributed by atoms with van der Waals surface area (Å²) in [7, 11) is -4.66. The first kappa shape index (κ1) is 19.1. The zero-order valence-electron chi connectivity index (χ0n) is 12.6. The van der Waals surface area contributed by atoms with E-state index in [1.165, 1.54) is 0 Å². The van der Waals surface area contributed by atoms with Crippen LogP contribution in [0.25, 0.3) is 0 Å². The summed E-state index contributed by atoms with van der Waals surface area (Å²) in [6.45, 7) is 24.6. The molecule has 1 unspecified atom stereocenters. The van der Waals surface area contributed by atoms with Gasteiger partial charge in [-0.2, -0.15) is 10.7 Å². The average molecular weight is 347 g/mol. The maximum Gasteiger partial charge on any atom is 0.370 e. The van der Waals surface area contributed by atoms with Gasteiger partial charge in [0.2, 0.25) is 0 Å². The molecule has 1 atom stereocenters. The van der Waals surface area contributed by atoms with Crippen LogP contribution in [0.5, 0.6) is 0 Å². The van der Waals surface area contributed by atoms with E-state index in [4.69, 9.17) is 8.23 Å². The molecule has 19 heavy (non-hydrogen) atoms. The summed E-state index contributed by atoms with van der Waals surface area (Å²) < 4.78 is 12.4. The van der Waals surface area contributed by atoms with Crippen molar-refractivity contribution >= 4 is 43.7 Å². The van der Waals surface area contributed by atoms with Crippen LogP contribution in [0.1, 0.15) is 0 Å². The van der Waals surface area contributed by atoms with Crippen LogP contribution < -0.4 is 0 Å². The van der Waals surface area contributed by atoms with Crippen molar-refractivity contribution in [2.45, 2.75) is 26.2 Å². The number of hydrogen-bond donors (Lipinski definition) is 0. The molecule has 0 rings (SSSR count). The Hall–Kier alpha value is 0.0975. The molecule has 7 heteroatoms. The summed E-state index contributed by atoms with van der Waals surface area (Å²) in [5.74, 6) is 0. The fourth-order valence-electron chi connectivity index (χ4n) is 1.53. The minimum absolute atomic E-state index is 0.775. The van der Waals surface area contributed by atoms with Crippen LogP contribution in [-0.2, 0) is 8.23 Å². The Balaban J connectivity index is 5.16. The van der Waals surface area contributed by atoms with Crippen LogP contribution in [0, 0.1) is 0 Å². The van der Waals surface area contributed by atoms with Gasteiger partial charge >= 0.3 is 8.56 Å². The molecule has 0 aliphatic rings. The monoisotopic (exact) mass is 346 g/mol. The summed E-state index contributed by atoms with van der Waals surface area (Å²) in [5.41, 5.74) is 7.48. The molecule has 0 aromatic heterocycles. The van der Waals surface area contributed by atoms with Gasteiger partial charge in [0, 0.05) is 0 Å². The third kappa shape index (κ3) is 6.89. The Bertz CT molecular complexity index is 346. The van der Waals surface area contributed by atoms with E-state index in [1.807, 2.05) is 33.5 Å². The second kappa shape index (κ2) is 7.77.